The van der Waals surface area contributed by atoms with Crippen molar-refractivity contribution in [1.82, 2.24) is 0 Å². The van der Waals surface area contributed by atoms with Gasteiger partial charge in [-0.25, -0.2) is 0 Å². The Morgan fingerprint density at radius 1 is 0.660 bits per heavy atom. The summed E-state index contributed by atoms with van der Waals surface area (Å²) in [5.41, 5.74) is 3.51. The van der Waals surface area contributed by atoms with Crippen LogP contribution in [-0.4, -0.2) is 48.2 Å². The standard InChI is InChI=1S/C39H42O7S/c1-28-18-21-33(22-19-28)47-39-38(46-35(41)23-20-29(2)40)37(44-26-32-16-10-5-11-17-32)36(43-25-31-14-8-4-9-15-31)34(45-39)27-42-24-30-12-6-3-7-13-30/h3-19,21-22,34,36-39H,20,23-27H2,1-2H3/t34-,36+,37+,38-,39-/m0/s1. The van der Waals surface area contributed by atoms with Crippen molar-refractivity contribution in [3.8, 4) is 0 Å². The molecule has 0 aliphatic carbocycles. The Morgan fingerprint density at radius 3 is 1.74 bits per heavy atom. The van der Waals surface area contributed by atoms with E-state index >= 15 is 0 Å². The number of ketones is 1. The fourth-order valence-electron chi connectivity index (χ4n) is 5.26. The van der Waals surface area contributed by atoms with E-state index in [0.717, 1.165) is 27.1 Å². The molecule has 7 nitrogen and oxygen atoms in total. The Hall–Kier alpha value is -3.79. The molecule has 1 saturated heterocycles. The van der Waals surface area contributed by atoms with Crippen LogP contribution in [0.2, 0.25) is 0 Å². The predicted octanol–water partition coefficient (Wildman–Crippen LogP) is 7.48. The lowest BCUT2D eigenvalue weighted by Gasteiger charge is -2.45. The molecule has 1 aliphatic heterocycles. The molecule has 5 atom stereocenters. The van der Waals surface area contributed by atoms with E-state index in [0.29, 0.717) is 13.2 Å². The highest BCUT2D eigenvalue weighted by Crippen LogP contribution is 2.38. The second kappa shape index (κ2) is 17.9. The molecule has 4 aromatic rings. The largest absolute Gasteiger partial charge is 0.456 e. The summed E-state index contributed by atoms with van der Waals surface area (Å²) < 4.78 is 32.5. The second-order valence-electron chi connectivity index (χ2n) is 11.7. The van der Waals surface area contributed by atoms with E-state index in [-0.39, 0.29) is 31.8 Å². The Bertz CT molecular complexity index is 1520. The topological polar surface area (TPSA) is 80.3 Å². The van der Waals surface area contributed by atoms with E-state index in [1.54, 1.807) is 0 Å². The summed E-state index contributed by atoms with van der Waals surface area (Å²) in [6.45, 7) is 4.71. The summed E-state index contributed by atoms with van der Waals surface area (Å²) in [4.78, 5) is 25.9. The number of rotatable bonds is 16. The zero-order chi connectivity index (χ0) is 32.8. The van der Waals surface area contributed by atoms with E-state index < -0.39 is 35.8 Å². The van der Waals surface area contributed by atoms with Crippen molar-refractivity contribution in [3.05, 3.63) is 138 Å². The summed E-state index contributed by atoms with van der Waals surface area (Å²) in [6.07, 6.45) is -2.66. The Labute approximate surface area is 281 Å². The smallest absolute Gasteiger partial charge is 0.306 e. The lowest BCUT2D eigenvalue weighted by atomic mass is 9.98. The fraction of sp³-hybridized carbons (Fsp3) is 0.333. The van der Waals surface area contributed by atoms with Crippen LogP contribution >= 0.6 is 11.8 Å². The highest BCUT2D eigenvalue weighted by atomic mass is 32.2. The van der Waals surface area contributed by atoms with Crippen LogP contribution in [0, 0.1) is 6.92 Å². The van der Waals surface area contributed by atoms with E-state index in [1.165, 1.54) is 18.7 Å². The molecule has 0 spiro atoms. The number of carbonyl (C=O) groups excluding carboxylic acids is 2. The molecule has 0 amide bonds. The summed E-state index contributed by atoms with van der Waals surface area (Å²) in [6, 6.07) is 37.8. The number of benzene rings is 4. The van der Waals surface area contributed by atoms with Gasteiger partial charge in [-0.2, -0.15) is 0 Å². The Morgan fingerprint density at radius 2 is 1.19 bits per heavy atom. The minimum Gasteiger partial charge on any atom is -0.456 e. The van der Waals surface area contributed by atoms with Gasteiger partial charge in [-0.15, -0.1) is 0 Å². The van der Waals surface area contributed by atoms with Gasteiger partial charge in [0.05, 0.1) is 32.8 Å². The average molecular weight is 655 g/mol. The van der Waals surface area contributed by atoms with Crippen LogP contribution in [0.25, 0.3) is 0 Å². The lowest BCUT2D eigenvalue weighted by Crippen LogP contribution is -2.60. The van der Waals surface area contributed by atoms with E-state index in [9.17, 15) is 9.59 Å². The normalized spacial score (nSPS) is 20.9. The van der Waals surface area contributed by atoms with E-state index in [2.05, 4.69) is 0 Å². The van der Waals surface area contributed by atoms with Crippen molar-refractivity contribution in [1.29, 1.82) is 0 Å². The number of hydrogen-bond donors (Lipinski definition) is 0. The van der Waals surface area contributed by atoms with Crippen LogP contribution in [-0.2, 0) is 53.1 Å². The Kier molecular flexibility index (Phi) is 13.2. The van der Waals surface area contributed by atoms with Crippen molar-refractivity contribution in [2.75, 3.05) is 6.61 Å². The maximum atomic E-state index is 13.2. The lowest BCUT2D eigenvalue weighted by molar-refractivity contribution is -0.249. The van der Waals surface area contributed by atoms with Crippen LogP contribution in [0.4, 0.5) is 0 Å². The quantitative estimate of drug-likeness (QED) is 0.115. The maximum Gasteiger partial charge on any atom is 0.306 e. The minimum atomic E-state index is -0.837. The number of ether oxygens (including phenoxy) is 5. The molecule has 1 heterocycles. The van der Waals surface area contributed by atoms with Crippen molar-refractivity contribution in [3.63, 3.8) is 0 Å². The molecule has 0 radical (unpaired) electrons. The van der Waals surface area contributed by atoms with Gasteiger partial charge in [0.15, 0.2) is 6.10 Å². The molecule has 8 heteroatoms. The van der Waals surface area contributed by atoms with Gasteiger partial charge in [-0.1, -0.05) is 120 Å². The molecule has 0 saturated carbocycles. The van der Waals surface area contributed by atoms with Gasteiger partial charge in [0.25, 0.3) is 0 Å². The zero-order valence-electron chi connectivity index (χ0n) is 26.9. The number of carbonyl (C=O) groups is 2. The SMILES string of the molecule is CC(=O)CCC(=O)O[C@H]1[C@H](OCc2ccccc2)[C@H](OCc2ccccc2)[C@H](COCc2ccccc2)O[C@H]1Sc1ccc(C)cc1. The first-order chi connectivity index (χ1) is 22.9. The van der Waals surface area contributed by atoms with Gasteiger partial charge in [0.2, 0.25) is 0 Å². The molecule has 1 aliphatic rings. The first-order valence-corrected chi connectivity index (χ1v) is 16.8. The zero-order valence-corrected chi connectivity index (χ0v) is 27.7. The molecule has 0 unspecified atom stereocenters. The van der Waals surface area contributed by atoms with Gasteiger partial charge >= 0.3 is 5.97 Å². The van der Waals surface area contributed by atoms with Crippen LogP contribution in [0.1, 0.15) is 42.0 Å². The van der Waals surface area contributed by atoms with Crippen LogP contribution in [0.3, 0.4) is 0 Å². The summed E-state index contributed by atoms with van der Waals surface area (Å²) in [5.74, 6) is -0.568. The highest BCUT2D eigenvalue weighted by Gasteiger charge is 2.50. The first-order valence-electron chi connectivity index (χ1n) is 15.9. The molecule has 4 aromatic carbocycles. The molecule has 47 heavy (non-hydrogen) atoms. The monoisotopic (exact) mass is 654 g/mol. The highest BCUT2D eigenvalue weighted by molar-refractivity contribution is 7.99. The van der Waals surface area contributed by atoms with Gasteiger partial charge < -0.3 is 28.5 Å². The molecular formula is C39H42O7S. The summed E-state index contributed by atoms with van der Waals surface area (Å²) >= 11 is 1.47. The van der Waals surface area contributed by atoms with Crippen molar-refractivity contribution in [2.24, 2.45) is 0 Å². The average Bonchev–Trinajstić information content (AvgIpc) is 3.09. The number of aryl methyl sites for hydroxylation is 1. The molecule has 0 bridgehead atoms. The third-order valence-electron chi connectivity index (χ3n) is 7.78. The molecular weight excluding hydrogens is 612 g/mol. The summed E-state index contributed by atoms with van der Waals surface area (Å²) in [7, 11) is 0. The van der Waals surface area contributed by atoms with Gasteiger partial charge in [-0.05, 0) is 42.7 Å². The van der Waals surface area contributed by atoms with Gasteiger partial charge in [-0.3, -0.25) is 4.79 Å². The third-order valence-corrected chi connectivity index (χ3v) is 8.93. The van der Waals surface area contributed by atoms with E-state index in [1.807, 2.05) is 122 Å². The molecule has 246 valence electrons. The second-order valence-corrected chi connectivity index (χ2v) is 12.8. The van der Waals surface area contributed by atoms with Crippen LogP contribution in [0.5, 0.6) is 0 Å². The number of thioether (sulfide) groups is 1. The van der Waals surface area contributed by atoms with Crippen LogP contribution < -0.4 is 0 Å². The Balaban J connectivity index is 1.47. The predicted molar refractivity (Wildman–Crippen MR) is 182 cm³/mol. The van der Waals surface area contributed by atoms with Crippen molar-refractivity contribution < 1.29 is 33.3 Å². The van der Waals surface area contributed by atoms with Gasteiger partial charge in [0, 0.05) is 11.3 Å². The molecule has 5 rings (SSSR count). The molecule has 0 N–H and O–H groups in total. The number of esters is 1. The van der Waals surface area contributed by atoms with Crippen molar-refractivity contribution >= 4 is 23.5 Å². The summed E-state index contributed by atoms with van der Waals surface area (Å²) in [5, 5.41) is 0. The molecule has 0 aromatic heterocycles. The fourth-order valence-corrected chi connectivity index (χ4v) is 6.37. The van der Waals surface area contributed by atoms with Crippen molar-refractivity contribution in [2.45, 2.75) is 81.3 Å². The van der Waals surface area contributed by atoms with E-state index in [4.69, 9.17) is 23.7 Å². The van der Waals surface area contributed by atoms with Crippen LogP contribution in [0.15, 0.2) is 120 Å². The molecule has 1 fully saturated rings. The number of Topliss-reactive ketones (excluding diaryl/α,β-unsaturated/α-hetero) is 1. The maximum absolute atomic E-state index is 13.2. The minimum absolute atomic E-state index is 0.0295. The number of hydrogen-bond acceptors (Lipinski definition) is 8. The third kappa shape index (κ3) is 10.9. The first kappa shape index (κ1) is 34.5. The van der Waals surface area contributed by atoms with Gasteiger partial charge in [0.1, 0.15) is 29.5 Å².